The highest BCUT2D eigenvalue weighted by atomic mass is 35.6. The summed E-state index contributed by atoms with van der Waals surface area (Å²) in [6, 6.07) is 0. The van der Waals surface area contributed by atoms with Gasteiger partial charge >= 0.3 is 0 Å². The lowest BCUT2D eigenvalue weighted by Crippen LogP contribution is -2.75. The van der Waals surface area contributed by atoms with Crippen LogP contribution in [-0.2, 0) is 0 Å². The minimum absolute atomic E-state index is 0.907. The number of rotatable bonds is 9. The molecule has 0 N–H and O–H groups in total. The molecule has 0 rings (SSSR count). The Kier molecular flexibility index (Phi) is 15.9. The van der Waals surface area contributed by atoms with Crippen molar-refractivity contribution in [1.29, 1.82) is 0 Å². The average molecular weight is 1030 g/mol. The van der Waals surface area contributed by atoms with E-state index in [0.717, 1.165) is 0 Å². The van der Waals surface area contributed by atoms with Gasteiger partial charge in [0.15, 0.2) is 44.4 Å². The fraction of sp³-hybridized carbons (Fsp3) is 0.917. The minimum Gasteiger partial charge on any atom is -0.106 e. The molecule has 0 heterocycles. The van der Waals surface area contributed by atoms with E-state index in [-0.39, 0.29) is 0 Å². The number of halogens is 25. The van der Waals surface area contributed by atoms with Crippen molar-refractivity contribution in [2.75, 3.05) is 0 Å². The van der Waals surface area contributed by atoms with Gasteiger partial charge in [-0.3, -0.25) is 0 Å². The molecule has 0 aliphatic rings. The van der Waals surface area contributed by atoms with E-state index in [2.05, 4.69) is 0 Å². The first-order valence-electron chi connectivity index (χ1n) is 7.47. The largest absolute Gasteiger partial charge is 0.216 e. The van der Waals surface area contributed by atoms with Gasteiger partial charge in [0.25, 0.3) is 0 Å². The van der Waals surface area contributed by atoms with Crippen molar-refractivity contribution < 1.29 is 0 Å². The summed E-state index contributed by atoms with van der Waals surface area (Å²) in [6.45, 7) is 0. The molecule has 223 valence electrons. The molecular formula is C12Cl25. The molecule has 25 heteroatoms. The Balaban J connectivity index is 7.38. The molecule has 0 saturated carbocycles. The van der Waals surface area contributed by atoms with Crippen molar-refractivity contribution in [1.82, 2.24) is 0 Å². The molecule has 0 saturated heterocycles. The van der Waals surface area contributed by atoms with Crippen LogP contribution in [0.2, 0.25) is 0 Å². The highest BCUT2D eigenvalue weighted by Gasteiger charge is 2.85. The first-order valence-corrected chi connectivity index (χ1v) is 16.9. The van der Waals surface area contributed by atoms with Gasteiger partial charge in [0.05, 0.1) is 0 Å². The molecule has 0 aromatic heterocycles. The Labute approximate surface area is 336 Å². The highest BCUT2D eigenvalue weighted by molar-refractivity contribution is 6.84. The molecule has 0 bridgehead atoms. The minimum atomic E-state index is -3.36. The van der Waals surface area contributed by atoms with Gasteiger partial charge < -0.3 is 0 Å². The predicted molar refractivity (Wildman–Crippen MR) is 180 cm³/mol. The van der Waals surface area contributed by atoms with Crippen LogP contribution >= 0.6 is 290 Å². The van der Waals surface area contributed by atoms with Crippen LogP contribution in [0, 0.1) is 4.84 Å². The second-order valence-electron chi connectivity index (χ2n) is 6.51. The monoisotopic (exact) mass is 1020 g/mol. The van der Waals surface area contributed by atoms with E-state index in [1.165, 1.54) is 0 Å². The first kappa shape index (κ1) is 44.2. The van der Waals surface area contributed by atoms with Gasteiger partial charge in [-0.1, -0.05) is 278 Å². The van der Waals surface area contributed by atoms with Crippen LogP contribution in [-0.4, -0.2) is 47.1 Å². The smallest absolute Gasteiger partial charge is 0.106 e. The summed E-state index contributed by atoms with van der Waals surface area (Å²) in [5, 5.41) is 0. The maximum absolute atomic E-state index is 6.38. The van der Waals surface area contributed by atoms with Crippen LogP contribution in [0.4, 0.5) is 0 Å². The van der Waals surface area contributed by atoms with E-state index < -0.39 is 52.0 Å². The Morgan fingerprint density at radius 1 is 0.270 bits per heavy atom. The van der Waals surface area contributed by atoms with Crippen LogP contribution in [0.15, 0.2) is 0 Å². The van der Waals surface area contributed by atoms with Crippen molar-refractivity contribution in [2.45, 2.75) is 47.1 Å². The zero-order valence-corrected chi connectivity index (χ0v) is 34.3. The van der Waals surface area contributed by atoms with Crippen LogP contribution in [0.1, 0.15) is 0 Å². The highest BCUT2D eigenvalue weighted by Crippen LogP contribution is 2.76. The van der Waals surface area contributed by atoms with E-state index in [0.29, 0.717) is 0 Å². The Bertz CT molecular complexity index is 808. The summed E-state index contributed by atoms with van der Waals surface area (Å²) in [4.78, 5) is -4.05. The molecule has 37 heavy (non-hydrogen) atoms. The summed E-state index contributed by atoms with van der Waals surface area (Å²) in [7, 11) is 0. The molecule has 0 unspecified atom stereocenters. The normalized spacial score (nSPS) is 17.0. The summed E-state index contributed by atoms with van der Waals surface area (Å²) in [5.74, 6) is 0. The Morgan fingerprint density at radius 2 is 0.459 bits per heavy atom. The molecule has 0 nitrogen and oxygen atoms in total. The SMILES string of the molecule is Cl[C](Cl)C(Cl)(Cl)C(Cl)(Cl)C(Cl)(Cl)C(Cl)(Cl)C(Cl)(Cl)C(Cl)(Cl)C(Cl)(Cl)C(Cl)(Cl)C(Cl)(C(Cl)(Cl)Cl)C(Cl)(Cl)Cl. The van der Waals surface area contributed by atoms with Gasteiger partial charge in [-0.05, 0) is 0 Å². The molecule has 0 aromatic carbocycles. The third-order valence-corrected chi connectivity index (χ3v) is 20.1. The van der Waals surface area contributed by atoms with E-state index in [9.17, 15) is 0 Å². The lowest BCUT2D eigenvalue weighted by atomic mass is 9.96. The van der Waals surface area contributed by atoms with Gasteiger partial charge in [-0.15, -0.1) is 11.6 Å². The van der Waals surface area contributed by atoms with E-state index in [1.807, 2.05) is 0 Å². The van der Waals surface area contributed by atoms with Crippen molar-refractivity contribution in [3.63, 3.8) is 0 Å². The third kappa shape index (κ3) is 6.90. The predicted octanol–water partition coefficient (Wildman–Crippen LogP) is 15.1. The topological polar surface area (TPSA) is 0 Å². The third-order valence-electron chi connectivity index (χ3n) is 4.21. The van der Waals surface area contributed by atoms with Gasteiger partial charge in [-0.25, -0.2) is 0 Å². The summed E-state index contributed by atoms with van der Waals surface area (Å²) < 4.78 is -31.4. The van der Waals surface area contributed by atoms with Crippen LogP contribution < -0.4 is 0 Å². The maximum Gasteiger partial charge on any atom is 0.216 e. The summed E-state index contributed by atoms with van der Waals surface area (Å²) in [6.07, 6.45) is 0. The molecule has 0 atom stereocenters. The zero-order valence-electron chi connectivity index (χ0n) is 15.4. The van der Waals surface area contributed by atoms with Crippen molar-refractivity contribution in [2.24, 2.45) is 0 Å². The van der Waals surface area contributed by atoms with Crippen LogP contribution in [0.3, 0.4) is 0 Å². The standard InChI is InChI=1S/C12Cl25/c13-1(14)2(15,16)4(18,19)6(22,23)8(26,27)10(30,31)9(28,29)7(24,25)5(20,21)3(17,11(32,33)34)12(35,36)37. The molecule has 0 spiro atoms. The zero-order chi connectivity index (χ0) is 31.1. The quantitative estimate of drug-likeness (QED) is 0.202. The molecule has 0 fully saturated rings. The molecule has 0 aromatic rings. The molecular weight excluding hydrogens is 1030 g/mol. The number of hydrogen-bond acceptors (Lipinski definition) is 0. The van der Waals surface area contributed by atoms with Crippen molar-refractivity contribution in [3.05, 3.63) is 4.84 Å². The molecule has 0 amide bonds. The first-order chi connectivity index (χ1) is 15.4. The molecule has 0 aliphatic heterocycles. The van der Waals surface area contributed by atoms with Crippen LogP contribution in [0.5, 0.6) is 0 Å². The van der Waals surface area contributed by atoms with Gasteiger partial charge in [0.1, 0.15) is 0 Å². The molecule has 0 aliphatic carbocycles. The van der Waals surface area contributed by atoms with Crippen molar-refractivity contribution in [3.8, 4) is 0 Å². The van der Waals surface area contributed by atoms with Crippen LogP contribution in [0.25, 0.3) is 0 Å². The van der Waals surface area contributed by atoms with E-state index >= 15 is 0 Å². The van der Waals surface area contributed by atoms with E-state index in [1.54, 1.807) is 0 Å². The fourth-order valence-corrected chi connectivity index (χ4v) is 11.1. The second-order valence-corrected chi connectivity index (χ2v) is 23.2. The second kappa shape index (κ2) is 13.3. The number of alkyl halides is 23. The maximum atomic E-state index is 6.38. The number of hydrogen-bond donors (Lipinski definition) is 0. The van der Waals surface area contributed by atoms with Crippen molar-refractivity contribution >= 4 is 290 Å². The fourth-order valence-electron chi connectivity index (χ4n) is 2.03. The van der Waals surface area contributed by atoms with E-state index in [4.69, 9.17) is 290 Å². The van der Waals surface area contributed by atoms with Gasteiger partial charge in [0.2, 0.25) is 7.59 Å². The average Bonchev–Trinajstić information content (AvgIpc) is 2.63. The Morgan fingerprint density at radius 3 is 0.649 bits per heavy atom. The molecule has 1 radical (unpaired) electrons. The lowest BCUT2D eigenvalue weighted by Gasteiger charge is -2.57. The Hall–Kier alpha value is 7.25. The summed E-state index contributed by atoms with van der Waals surface area (Å²) >= 11 is 154. The van der Waals surface area contributed by atoms with Gasteiger partial charge in [0, 0.05) is 0 Å². The lowest BCUT2D eigenvalue weighted by molar-refractivity contribution is 0.401. The summed E-state index contributed by atoms with van der Waals surface area (Å²) in [5.41, 5.74) is 0. The van der Waals surface area contributed by atoms with Gasteiger partial charge in [-0.2, -0.15) is 0 Å².